The number of ether oxygens (including phenoxy) is 3. The minimum Gasteiger partial charge on any atom is -0.497 e. The Kier molecular flexibility index (Phi) is 7.23. The Morgan fingerprint density at radius 2 is 1.44 bits per heavy atom. The van der Waals surface area contributed by atoms with E-state index in [2.05, 4.69) is 5.32 Å². The quantitative estimate of drug-likeness (QED) is 0.315. The van der Waals surface area contributed by atoms with Gasteiger partial charge in [0.1, 0.15) is 17.2 Å². The molecule has 1 heterocycles. The number of aryl methyl sites for hydroxylation is 1. The van der Waals surface area contributed by atoms with Gasteiger partial charge in [-0.05, 0) is 78.2 Å². The van der Waals surface area contributed by atoms with Crippen molar-refractivity contribution >= 4 is 23.2 Å². The lowest BCUT2D eigenvalue weighted by molar-refractivity contribution is -0.118. The summed E-state index contributed by atoms with van der Waals surface area (Å²) in [7, 11) is 4.77. The van der Waals surface area contributed by atoms with Gasteiger partial charge in [-0.1, -0.05) is 36.4 Å². The highest BCUT2D eigenvalue weighted by molar-refractivity contribution is 6.12. The van der Waals surface area contributed by atoms with Crippen molar-refractivity contribution in [2.75, 3.05) is 31.5 Å². The predicted molar refractivity (Wildman–Crippen MR) is 151 cm³/mol. The van der Waals surface area contributed by atoms with Crippen LogP contribution in [0.15, 0.2) is 91.0 Å². The minimum absolute atomic E-state index is 0.186. The van der Waals surface area contributed by atoms with E-state index in [1.165, 1.54) is 0 Å². The molecule has 0 aliphatic carbocycles. The Bertz CT molecular complexity index is 1500. The molecule has 7 nitrogen and oxygen atoms in total. The molecular weight excluding hydrogens is 492 g/mol. The average molecular weight is 523 g/mol. The number of rotatable bonds is 7. The summed E-state index contributed by atoms with van der Waals surface area (Å²) < 4.78 is 16.2. The van der Waals surface area contributed by atoms with E-state index in [1.807, 2.05) is 79.7 Å². The Balaban J connectivity index is 1.69. The third-order valence-electron chi connectivity index (χ3n) is 7.04. The van der Waals surface area contributed by atoms with Crippen molar-refractivity contribution in [1.82, 2.24) is 0 Å². The van der Waals surface area contributed by atoms with Gasteiger partial charge in [-0.2, -0.15) is 0 Å². The number of hydrogen-bond acceptors (Lipinski definition) is 5. The number of nitrogens with one attached hydrogen (secondary N) is 1. The summed E-state index contributed by atoms with van der Waals surface area (Å²) in [6, 6.07) is 27.0. The Morgan fingerprint density at radius 1 is 0.795 bits per heavy atom. The first-order chi connectivity index (χ1) is 18.9. The molecule has 0 radical (unpaired) electrons. The Labute approximate surface area is 227 Å². The van der Waals surface area contributed by atoms with E-state index in [9.17, 15) is 9.59 Å². The fourth-order valence-electron chi connectivity index (χ4n) is 5.12. The molecule has 39 heavy (non-hydrogen) atoms. The van der Waals surface area contributed by atoms with Crippen molar-refractivity contribution in [3.8, 4) is 17.2 Å². The van der Waals surface area contributed by atoms with Crippen molar-refractivity contribution < 1.29 is 23.8 Å². The van der Waals surface area contributed by atoms with Crippen LogP contribution in [-0.2, 0) is 4.79 Å². The van der Waals surface area contributed by atoms with Gasteiger partial charge in [-0.3, -0.25) is 14.5 Å². The number of carbonyl (C=O) groups is 2. The van der Waals surface area contributed by atoms with Crippen LogP contribution in [0.5, 0.6) is 17.2 Å². The van der Waals surface area contributed by atoms with Crippen molar-refractivity contribution in [2.45, 2.75) is 18.9 Å². The molecule has 1 aliphatic rings. The van der Waals surface area contributed by atoms with E-state index in [4.69, 9.17) is 14.2 Å². The van der Waals surface area contributed by atoms with Crippen LogP contribution in [0.1, 0.15) is 39.0 Å². The highest BCUT2D eigenvalue weighted by Crippen LogP contribution is 2.46. The smallest absolute Gasteiger partial charge is 0.259 e. The molecule has 7 heteroatoms. The van der Waals surface area contributed by atoms with Crippen LogP contribution >= 0.6 is 0 Å². The number of nitrogens with zero attached hydrogens (tertiary/aromatic N) is 1. The van der Waals surface area contributed by atoms with Gasteiger partial charge >= 0.3 is 0 Å². The summed E-state index contributed by atoms with van der Waals surface area (Å²) in [6.45, 7) is 1.95. The van der Waals surface area contributed by atoms with Gasteiger partial charge in [0.05, 0.1) is 39.0 Å². The molecule has 2 amide bonds. The van der Waals surface area contributed by atoms with E-state index in [0.717, 1.165) is 11.1 Å². The number of hydrogen-bond donors (Lipinski definition) is 1. The number of benzene rings is 4. The predicted octanol–water partition coefficient (Wildman–Crippen LogP) is 6.14. The molecule has 0 saturated heterocycles. The average Bonchev–Trinajstić information content (AvgIpc) is 2.97. The van der Waals surface area contributed by atoms with Crippen LogP contribution in [0.4, 0.5) is 11.4 Å². The van der Waals surface area contributed by atoms with Crippen molar-refractivity contribution in [3.05, 3.63) is 113 Å². The number of amides is 2. The number of fused-ring (bicyclic) bond motifs is 1. The zero-order valence-corrected chi connectivity index (χ0v) is 22.3. The fraction of sp³-hybridized carbons (Fsp3) is 0.188. The fourth-order valence-corrected chi connectivity index (χ4v) is 5.12. The molecule has 0 aromatic heterocycles. The molecule has 198 valence electrons. The van der Waals surface area contributed by atoms with Gasteiger partial charge in [0, 0.05) is 11.3 Å². The maximum absolute atomic E-state index is 14.3. The second-order valence-electron chi connectivity index (χ2n) is 9.35. The Morgan fingerprint density at radius 3 is 2.08 bits per heavy atom. The zero-order chi connectivity index (χ0) is 27.5. The molecule has 1 N–H and O–H groups in total. The molecule has 2 atom stereocenters. The summed E-state index contributed by atoms with van der Waals surface area (Å²) >= 11 is 0. The van der Waals surface area contributed by atoms with E-state index < -0.39 is 12.0 Å². The number of anilines is 2. The van der Waals surface area contributed by atoms with E-state index in [-0.39, 0.29) is 11.8 Å². The summed E-state index contributed by atoms with van der Waals surface area (Å²) in [5.74, 6) is 0.752. The maximum Gasteiger partial charge on any atom is 0.259 e. The molecule has 5 rings (SSSR count). The first-order valence-corrected chi connectivity index (χ1v) is 12.6. The topological polar surface area (TPSA) is 77.1 Å². The molecule has 0 unspecified atom stereocenters. The molecule has 0 saturated carbocycles. The summed E-state index contributed by atoms with van der Waals surface area (Å²) in [5.41, 5.74) is 4.15. The van der Waals surface area contributed by atoms with Gasteiger partial charge < -0.3 is 19.5 Å². The normalized spacial score (nSPS) is 16.3. The summed E-state index contributed by atoms with van der Waals surface area (Å²) in [5, 5.41) is 3.09. The first kappa shape index (κ1) is 25.9. The lowest BCUT2D eigenvalue weighted by atomic mass is 9.78. The number of carbonyl (C=O) groups excluding carboxylic acids is 2. The molecule has 4 aromatic carbocycles. The highest BCUT2D eigenvalue weighted by atomic mass is 16.5. The van der Waals surface area contributed by atoms with Crippen molar-refractivity contribution in [1.29, 1.82) is 0 Å². The van der Waals surface area contributed by atoms with Crippen molar-refractivity contribution in [3.63, 3.8) is 0 Å². The lowest BCUT2D eigenvalue weighted by Crippen LogP contribution is -2.46. The lowest BCUT2D eigenvalue weighted by Gasteiger charge is -2.42. The van der Waals surface area contributed by atoms with Crippen LogP contribution in [0, 0.1) is 6.92 Å². The van der Waals surface area contributed by atoms with Crippen LogP contribution in [-0.4, -0.2) is 33.1 Å². The van der Waals surface area contributed by atoms with Crippen molar-refractivity contribution in [2.24, 2.45) is 0 Å². The first-order valence-electron chi connectivity index (χ1n) is 12.6. The van der Waals surface area contributed by atoms with Gasteiger partial charge in [0.25, 0.3) is 5.91 Å². The third-order valence-corrected chi connectivity index (χ3v) is 7.04. The van der Waals surface area contributed by atoms with Crippen LogP contribution in [0.3, 0.4) is 0 Å². The van der Waals surface area contributed by atoms with Gasteiger partial charge in [0.2, 0.25) is 5.91 Å². The molecule has 0 fully saturated rings. The molecule has 0 spiro atoms. The minimum atomic E-state index is -0.723. The molecule has 0 bridgehead atoms. The summed E-state index contributed by atoms with van der Waals surface area (Å²) in [4.78, 5) is 30.0. The van der Waals surface area contributed by atoms with E-state index >= 15 is 0 Å². The van der Waals surface area contributed by atoms with Gasteiger partial charge in [0.15, 0.2) is 0 Å². The zero-order valence-electron chi connectivity index (χ0n) is 22.3. The molecular formula is C32H30N2O5. The SMILES string of the molecule is COc1ccc([C@H]2[C@@H](C(=O)Nc3cc(C)ccc3OC)c3ccccc3C(=O)N2c2ccc(OC)cc2)cc1. The summed E-state index contributed by atoms with van der Waals surface area (Å²) in [6.07, 6.45) is 0. The molecule has 4 aromatic rings. The highest BCUT2D eigenvalue weighted by Gasteiger charge is 2.45. The second kappa shape index (κ2) is 10.9. The molecule has 1 aliphatic heterocycles. The van der Waals surface area contributed by atoms with Crippen LogP contribution in [0.2, 0.25) is 0 Å². The maximum atomic E-state index is 14.3. The van der Waals surface area contributed by atoms with Gasteiger partial charge in [-0.15, -0.1) is 0 Å². The van der Waals surface area contributed by atoms with Crippen LogP contribution < -0.4 is 24.4 Å². The third kappa shape index (κ3) is 4.91. The Hall–Kier alpha value is -4.78. The van der Waals surface area contributed by atoms with E-state index in [0.29, 0.717) is 39.8 Å². The second-order valence-corrected chi connectivity index (χ2v) is 9.35. The monoisotopic (exact) mass is 522 g/mol. The van der Waals surface area contributed by atoms with Gasteiger partial charge in [-0.25, -0.2) is 0 Å². The standard InChI is InChI=1S/C32H30N2O5/c1-20-9-18-28(39-4)27(19-20)33-31(35)29-25-7-5-6-8-26(25)32(36)34(22-12-16-24(38-3)17-13-22)30(29)21-10-14-23(37-2)15-11-21/h5-19,29-30H,1-4H3,(H,33,35)/t29-,30-/m0/s1. The largest absolute Gasteiger partial charge is 0.497 e. The number of methoxy groups -OCH3 is 3. The van der Waals surface area contributed by atoms with Crippen LogP contribution in [0.25, 0.3) is 0 Å². The van der Waals surface area contributed by atoms with E-state index in [1.54, 1.807) is 44.4 Å².